The number of fused-ring (bicyclic) bond motifs is 1. The number of Topliss-reactive ketones (excluding diaryl/α,β-unsaturated/α-hetero) is 1. The third-order valence-electron chi connectivity index (χ3n) is 6.47. The second kappa shape index (κ2) is 8.86. The second-order valence-corrected chi connectivity index (χ2v) is 9.77. The van der Waals surface area contributed by atoms with Gasteiger partial charge in [-0.2, -0.15) is 0 Å². The van der Waals surface area contributed by atoms with Crippen molar-refractivity contribution in [1.82, 2.24) is 5.32 Å². The van der Waals surface area contributed by atoms with Gasteiger partial charge in [0.25, 0.3) is 0 Å². The van der Waals surface area contributed by atoms with Crippen LogP contribution in [0.1, 0.15) is 44.1 Å². The Bertz CT molecular complexity index is 1230. The van der Waals surface area contributed by atoms with Crippen LogP contribution in [0.3, 0.4) is 0 Å². The fourth-order valence-electron chi connectivity index (χ4n) is 5.02. The number of furan rings is 1. The van der Waals surface area contributed by atoms with Crippen molar-refractivity contribution in [2.45, 2.75) is 39.3 Å². The van der Waals surface area contributed by atoms with E-state index in [0.29, 0.717) is 18.7 Å². The van der Waals surface area contributed by atoms with Crippen LogP contribution in [0.4, 0.5) is 11.4 Å². The zero-order valence-electron chi connectivity index (χ0n) is 19.5. The number of nitrogens with one attached hydrogen (secondary N) is 2. The molecule has 6 heteroatoms. The smallest absolute Gasteiger partial charge is 0.239 e. The molecule has 1 amide bonds. The maximum Gasteiger partial charge on any atom is 0.239 e. The third kappa shape index (κ3) is 4.36. The number of nitrogens with zero attached hydrogens (tertiary/aromatic N) is 1. The molecular formula is C28H29N3O3. The van der Waals surface area contributed by atoms with Crippen LogP contribution in [0.5, 0.6) is 0 Å². The van der Waals surface area contributed by atoms with Gasteiger partial charge in [0, 0.05) is 17.7 Å². The highest BCUT2D eigenvalue weighted by Crippen LogP contribution is 2.48. The van der Waals surface area contributed by atoms with Crippen molar-refractivity contribution in [3.05, 3.63) is 95.6 Å². The molecule has 2 heterocycles. The Labute approximate surface area is 199 Å². The van der Waals surface area contributed by atoms with Crippen molar-refractivity contribution in [1.29, 1.82) is 0 Å². The molecule has 0 fully saturated rings. The third-order valence-corrected chi connectivity index (χ3v) is 6.47. The van der Waals surface area contributed by atoms with Crippen molar-refractivity contribution in [2.75, 3.05) is 16.8 Å². The summed E-state index contributed by atoms with van der Waals surface area (Å²) in [7, 11) is 0. The summed E-state index contributed by atoms with van der Waals surface area (Å²) >= 11 is 0. The number of amides is 1. The normalized spacial score (nSPS) is 19.1. The number of ketones is 1. The first-order valence-corrected chi connectivity index (χ1v) is 11.6. The fourth-order valence-corrected chi connectivity index (χ4v) is 5.02. The molecule has 0 spiro atoms. The summed E-state index contributed by atoms with van der Waals surface area (Å²) in [5, 5.41) is 6.53. The van der Waals surface area contributed by atoms with Crippen molar-refractivity contribution in [2.24, 2.45) is 5.41 Å². The Kier molecular flexibility index (Phi) is 5.74. The van der Waals surface area contributed by atoms with Gasteiger partial charge in [-0.25, -0.2) is 0 Å². The minimum atomic E-state index is -0.370. The van der Waals surface area contributed by atoms with E-state index < -0.39 is 0 Å². The highest BCUT2D eigenvalue weighted by molar-refractivity contribution is 6.01. The van der Waals surface area contributed by atoms with Crippen LogP contribution in [0.2, 0.25) is 0 Å². The van der Waals surface area contributed by atoms with Gasteiger partial charge in [0.2, 0.25) is 5.91 Å². The molecule has 1 atom stereocenters. The first-order chi connectivity index (χ1) is 16.4. The average Bonchev–Trinajstić information content (AvgIpc) is 3.29. The molecule has 0 saturated carbocycles. The molecule has 2 N–H and O–H groups in total. The number of carbonyl (C=O) groups excluding carboxylic acids is 2. The summed E-state index contributed by atoms with van der Waals surface area (Å²) < 4.78 is 5.35. The summed E-state index contributed by atoms with van der Waals surface area (Å²) in [6.45, 7) is 4.68. The van der Waals surface area contributed by atoms with Gasteiger partial charge in [0.1, 0.15) is 5.76 Å². The highest BCUT2D eigenvalue weighted by atomic mass is 16.3. The molecule has 1 aliphatic carbocycles. The molecule has 1 aromatic heterocycles. The zero-order chi connectivity index (χ0) is 23.7. The first kappa shape index (κ1) is 22.0. The van der Waals surface area contributed by atoms with Gasteiger partial charge in [-0.1, -0.05) is 56.3 Å². The summed E-state index contributed by atoms with van der Waals surface area (Å²) in [6.07, 6.45) is 2.84. The Morgan fingerprint density at radius 1 is 1.06 bits per heavy atom. The highest BCUT2D eigenvalue weighted by Gasteiger charge is 2.41. The molecular weight excluding hydrogens is 426 g/mol. The van der Waals surface area contributed by atoms with Gasteiger partial charge in [-0.15, -0.1) is 0 Å². The van der Waals surface area contributed by atoms with E-state index >= 15 is 0 Å². The summed E-state index contributed by atoms with van der Waals surface area (Å²) in [5.41, 5.74) is 4.35. The topological polar surface area (TPSA) is 74.6 Å². The second-order valence-electron chi connectivity index (χ2n) is 9.77. The molecule has 1 aliphatic heterocycles. The first-order valence-electron chi connectivity index (χ1n) is 11.6. The zero-order valence-corrected chi connectivity index (χ0v) is 19.5. The standard InChI is InChI=1S/C28H29N3O3/c1-28(2)15-22-26(24(32)16-28)27(19-9-4-3-5-10-19)31(23-13-7-6-12-21(23)30-22)18-25(33)29-17-20-11-8-14-34-20/h3-14,27,30H,15-18H2,1-2H3,(H,29,33)/t27-/m1/s1. The van der Waals surface area contributed by atoms with Gasteiger partial charge in [0.15, 0.2) is 5.78 Å². The lowest BCUT2D eigenvalue weighted by Crippen LogP contribution is -2.41. The van der Waals surface area contributed by atoms with Crippen LogP contribution in [0.15, 0.2) is 88.7 Å². The van der Waals surface area contributed by atoms with Crippen LogP contribution < -0.4 is 15.5 Å². The monoisotopic (exact) mass is 455 g/mol. The number of anilines is 2. The van der Waals surface area contributed by atoms with E-state index in [1.54, 1.807) is 12.3 Å². The molecule has 0 saturated heterocycles. The van der Waals surface area contributed by atoms with E-state index in [9.17, 15) is 9.59 Å². The number of allylic oxidation sites excluding steroid dienone is 1. The van der Waals surface area contributed by atoms with Crippen LogP contribution in [-0.4, -0.2) is 18.2 Å². The SMILES string of the molecule is CC1(C)CC(=O)C2=C(C1)Nc1ccccc1N(CC(=O)NCc1ccco1)[C@@H]2c1ccccc1. The fraction of sp³-hybridized carbons (Fsp3) is 0.286. The molecule has 34 heavy (non-hydrogen) atoms. The van der Waals surface area contributed by atoms with Crippen molar-refractivity contribution in [3.63, 3.8) is 0 Å². The van der Waals surface area contributed by atoms with E-state index in [0.717, 1.165) is 34.6 Å². The number of hydrogen-bond acceptors (Lipinski definition) is 5. The van der Waals surface area contributed by atoms with E-state index in [2.05, 4.69) is 24.5 Å². The molecule has 3 aromatic rings. The predicted molar refractivity (Wildman–Crippen MR) is 132 cm³/mol. The number of benzene rings is 2. The minimum Gasteiger partial charge on any atom is -0.467 e. The molecule has 0 radical (unpaired) electrons. The molecule has 174 valence electrons. The van der Waals surface area contributed by atoms with Crippen LogP contribution in [0, 0.1) is 5.41 Å². The Balaban J connectivity index is 1.59. The molecule has 2 aliphatic rings. The number of carbonyl (C=O) groups is 2. The van der Waals surface area contributed by atoms with E-state index in [4.69, 9.17) is 4.42 Å². The van der Waals surface area contributed by atoms with Crippen LogP contribution in [-0.2, 0) is 16.1 Å². The maximum atomic E-state index is 13.6. The Morgan fingerprint density at radius 2 is 1.82 bits per heavy atom. The summed E-state index contributed by atoms with van der Waals surface area (Å²) in [4.78, 5) is 28.8. The molecule has 6 nitrogen and oxygen atoms in total. The number of hydrogen-bond donors (Lipinski definition) is 2. The van der Waals surface area contributed by atoms with E-state index in [1.165, 1.54) is 0 Å². The lowest BCUT2D eigenvalue weighted by molar-refractivity contribution is -0.121. The summed E-state index contributed by atoms with van der Waals surface area (Å²) in [5.74, 6) is 0.682. The molecule has 5 rings (SSSR count). The largest absolute Gasteiger partial charge is 0.467 e. The Morgan fingerprint density at radius 3 is 2.59 bits per heavy atom. The molecule has 2 aromatic carbocycles. The van der Waals surface area contributed by atoms with E-state index in [-0.39, 0.29) is 29.7 Å². The van der Waals surface area contributed by atoms with Gasteiger partial charge in [-0.05, 0) is 41.7 Å². The van der Waals surface area contributed by atoms with Crippen molar-refractivity contribution >= 4 is 23.1 Å². The summed E-state index contributed by atoms with van der Waals surface area (Å²) in [6, 6.07) is 21.2. The van der Waals surface area contributed by atoms with E-state index in [1.807, 2.05) is 65.6 Å². The Hall–Kier alpha value is -3.80. The van der Waals surface area contributed by atoms with Gasteiger partial charge in [-0.3, -0.25) is 9.59 Å². The maximum absolute atomic E-state index is 13.6. The lowest BCUT2D eigenvalue weighted by Gasteiger charge is -2.37. The minimum absolute atomic E-state index is 0.104. The predicted octanol–water partition coefficient (Wildman–Crippen LogP) is 5.21. The van der Waals surface area contributed by atoms with Gasteiger partial charge in [0.05, 0.1) is 36.8 Å². The average molecular weight is 456 g/mol. The number of rotatable bonds is 5. The lowest BCUT2D eigenvalue weighted by atomic mass is 9.73. The van der Waals surface area contributed by atoms with Gasteiger partial charge < -0.3 is 20.0 Å². The van der Waals surface area contributed by atoms with Crippen molar-refractivity contribution in [3.8, 4) is 0 Å². The molecule has 0 bridgehead atoms. The quantitative estimate of drug-likeness (QED) is 0.552. The molecule has 0 unspecified atom stereocenters. The van der Waals surface area contributed by atoms with Crippen LogP contribution >= 0.6 is 0 Å². The number of para-hydroxylation sites is 2. The van der Waals surface area contributed by atoms with Crippen molar-refractivity contribution < 1.29 is 14.0 Å². The van der Waals surface area contributed by atoms with Crippen LogP contribution in [0.25, 0.3) is 0 Å². The van der Waals surface area contributed by atoms with Gasteiger partial charge >= 0.3 is 0 Å².